The van der Waals surface area contributed by atoms with Crippen LogP contribution in [0.1, 0.15) is 15.9 Å². The zero-order chi connectivity index (χ0) is 18.8. The number of imidazole rings is 1. The Morgan fingerprint density at radius 3 is 2.37 bits per heavy atom. The molecule has 0 aliphatic carbocycles. The number of para-hydroxylation sites is 2. The van der Waals surface area contributed by atoms with Crippen LogP contribution in [0.15, 0.2) is 72.8 Å². The number of hydrogen-bond acceptors (Lipinski definition) is 3. The number of aromatic nitrogens is 2. The van der Waals surface area contributed by atoms with E-state index in [1.54, 1.807) is 24.3 Å². The molecule has 0 atom stereocenters. The summed E-state index contributed by atoms with van der Waals surface area (Å²) in [6.45, 7) is 0. The van der Waals surface area contributed by atoms with E-state index < -0.39 is 0 Å². The monoisotopic (exact) mass is 352 g/mol. The van der Waals surface area contributed by atoms with E-state index in [0.29, 0.717) is 16.8 Å². The molecule has 0 unspecified atom stereocenters. The summed E-state index contributed by atoms with van der Waals surface area (Å²) >= 11 is 0. The van der Waals surface area contributed by atoms with Crippen molar-refractivity contribution >= 4 is 22.6 Å². The number of carbonyl (C=O) groups is 1. The zero-order valence-electron chi connectivity index (χ0n) is 14.7. The van der Waals surface area contributed by atoms with Crippen molar-refractivity contribution in [3.8, 4) is 17.5 Å². The van der Waals surface area contributed by atoms with Gasteiger partial charge in [-0.05, 0) is 60.7 Å². The third kappa shape index (κ3) is 3.16. The average molecular weight is 352 g/mol. The predicted octanol–water partition coefficient (Wildman–Crippen LogP) is 4.36. The van der Waals surface area contributed by atoms with Crippen LogP contribution in [0.4, 0.5) is 5.69 Å². The van der Waals surface area contributed by atoms with Gasteiger partial charge in [-0.3, -0.25) is 4.79 Å². The van der Waals surface area contributed by atoms with Gasteiger partial charge in [-0.15, -0.1) is 0 Å². The van der Waals surface area contributed by atoms with E-state index in [1.807, 2.05) is 61.6 Å². The molecule has 0 aliphatic rings. The molecule has 0 aliphatic heterocycles. The fourth-order valence-electron chi connectivity index (χ4n) is 3.01. The van der Waals surface area contributed by atoms with E-state index in [0.717, 1.165) is 22.4 Å². The maximum absolute atomic E-state index is 12.3. The van der Waals surface area contributed by atoms with Crippen molar-refractivity contribution in [1.82, 2.24) is 9.55 Å². The Morgan fingerprint density at radius 2 is 1.70 bits per heavy atom. The van der Waals surface area contributed by atoms with Gasteiger partial charge in [0.05, 0.1) is 22.7 Å². The molecule has 0 fully saturated rings. The van der Waals surface area contributed by atoms with E-state index >= 15 is 0 Å². The molecular weight excluding hydrogens is 336 g/mol. The number of anilines is 1. The number of aryl methyl sites for hydroxylation is 1. The summed E-state index contributed by atoms with van der Waals surface area (Å²) in [6, 6.07) is 24.2. The molecular formula is C22H16N4O. The third-order valence-electron chi connectivity index (χ3n) is 4.46. The van der Waals surface area contributed by atoms with Crippen LogP contribution in [-0.4, -0.2) is 15.5 Å². The molecule has 0 spiro atoms. The SMILES string of the molecule is Cn1c(-c2ccc(NC(=O)c3ccc(C#N)cc3)cc2)nc2ccccc21. The van der Waals surface area contributed by atoms with Crippen molar-refractivity contribution in [3.63, 3.8) is 0 Å². The van der Waals surface area contributed by atoms with Crippen molar-refractivity contribution < 1.29 is 4.79 Å². The van der Waals surface area contributed by atoms with Gasteiger partial charge in [-0.2, -0.15) is 5.26 Å². The number of hydrogen-bond donors (Lipinski definition) is 1. The lowest BCUT2D eigenvalue weighted by atomic mass is 10.1. The normalized spacial score (nSPS) is 10.5. The highest BCUT2D eigenvalue weighted by Gasteiger charge is 2.10. The molecule has 27 heavy (non-hydrogen) atoms. The highest BCUT2D eigenvalue weighted by molar-refractivity contribution is 6.04. The standard InChI is InChI=1S/C22H16N4O/c1-26-20-5-3-2-4-19(20)25-21(26)16-10-12-18(13-11-16)24-22(27)17-8-6-15(14-23)7-9-17/h2-13H,1H3,(H,24,27). The van der Waals surface area contributed by atoms with Crippen molar-refractivity contribution in [3.05, 3.63) is 83.9 Å². The van der Waals surface area contributed by atoms with Gasteiger partial charge in [-0.1, -0.05) is 12.1 Å². The summed E-state index contributed by atoms with van der Waals surface area (Å²) in [5, 5.41) is 11.7. The van der Waals surface area contributed by atoms with Crippen LogP contribution in [0.3, 0.4) is 0 Å². The van der Waals surface area contributed by atoms with Gasteiger partial charge < -0.3 is 9.88 Å². The van der Waals surface area contributed by atoms with Gasteiger partial charge in [0, 0.05) is 23.9 Å². The van der Waals surface area contributed by atoms with Gasteiger partial charge in [-0.25, -0.2) is 4.98 Å². The molecule has 0 bridgehead atoms. The summed E-state index contributed by atoms with van der Waals surface area (Å²) in [7, 11) is 1.99. The Morgan fingerprint density at radius 1 is 1.00 bits per heavy atom. The van der Waals surface area contributed by atoms with Crippen LogP contribution in [0.5, 0.6) is 0 Å². The third-order valence-corrected chi connectivity index (χ3v) is 4.46. The highest BCUT2D eigenvalue weighted by atomic mass is 16.1. The maximum atomic E-state index is 12.3. The molecule has 5 nitrogen and oxygen atoms in total. The molecule has 5 heteroatoms. The van der Waals surface area contributed by atoms with Gasteiger partial charge in [0.1, 0.15) is 5.82 Å². The minimum Gasteiger partial charge on any atom is -0.327 e. The second kappa shape index (κ2) is 6.77. The average Bonchev–Trinajstić information content (AvgIpc) is 3.05. The first-order valence-electron chi connectivity index (χ1n) is 8.49. The maximum Gasteiger partial charge on any atom is 0.255 e. The van der Waals surface area contributed by atoms with E-state index in [9.17, 15) is 4.79 Å². The van der Waals surface area contributed by atoms with Gasteiger partial charge in [0.2, 0.25) is 0 Å². The Labute approximate surface area is 156 Å². The van der Waals surface area contributed by atoms with Crippen LogP contribution >= 0.6 is 0 Å². The minimum absolute atomic E-state index is 0.213. The van der Waals surface area contributed by atoms with E-state index in [2.05, 4.69) is 14.9 Å². The molecule has 0 saturated carbocycles. The van der Waals surface area contributed by atoms with Gasteiger partial charge >= 0.3 is 0 Å². The van der Waals surface area contributed by atoms with E-state index in [-0.39, 0.29) is 5.91 Å². The van der Waals surface area contributed by atoms with Crippen LogP contribution in [0.25, 0.3) is 22.4 Å². The smallest absolute Gasteiger partial charge is 0.255 e. The molecule has 0 saturated heterocycles. The van der Waals surface area contributed by atoms with Crippen molar-refractivity contribution in [2.75, 3.05) is 5.32 Å². The van der Waals surface area contributed by atoms with Crippen LogP contribution in [0.2, 0.25) is 0 Å². The summed E-state index contributed by atoms with van der Waals surface area (Å²) in [6.07, 6.45) is 0. The summed E-state index contributed by atoms with van der Waals surface area (Å²) < 4.78 is 2.06. The second-order valence-corrected chi connectivity index (χ2v) is 6.20. The number of nitriles is 1. The van der Waals surface area contributed by atoms with Crippen molar-refractivity contribution in [2.45, 2.75) is 0 Å². The van der Waals surface area contributed by atoms with Crippen molar-refractivity contribution in [2.24, 2.45) is 7.05 Å². The lowest BCUT2D eigenvalue weighted by Crippen LogP contribution is -2.11. The molecule has 4 aromatic rings. The van der Waals surface area contributed by atoms with Gasteiger partial charge in [0.25, 0.3) is 5.91 Å². The summed E-state index contributed by atoms with van der Waals surface area (Å²) in [4.78, 5) is 17.0. The van der Waals surface area contributed by atoms with E-state index in [4.69, 9.17) is 5.26 Å². The van der Waals surface area contributed by atoms with Gasteiger partial charge in [0.15, 0.2) is 0 Å². The molecule has 1 N–H and O–H groups in total. The summed E-state index contributed by atoms with van der Waals surface area (Å²) in [5.74, 6) is 0.663. The Bertz CT molecular complexity index is 1170. The molecule has 4 rings (SSSR count). The van der Waals surface area contributed by atoms with Crippen LogP contribution in [-0.2, 0) is 7.05 Å². The number of rotatable bonds is 3. The topological polar surface area (TPSA) is 70.7 Å². The zero-order valence-corrected chi connectivity index (χ0v) is 14.7. The highest BCUT2D eigenvalue weighted by Crippen LogP contribution is 2.24. The molecule has 3 aromatic carbocycles. The number of benzene rings is 3. The minimum atomic E-state index is -0.213. The number of fused-ring (bicyclic) bond motifs is 1. The first-order valence-corrected chi connectivity index (χ1v) is 8.49. The summed E-state index contributed by atoms with van der Waals surface area (Å²) in [5.41, 5.74) is 4.74. The lowest BCUT2D eigenvalue weighted by molar-refractivity contribution is 0.102. The molecule has 130 valence electrons. The molecule has 1 heterocycles. The molecule has 1 amide bonds. The second-order valence-electron chi connectivity index (χ2n) is 6.20. The molecule has 0 radical (unpaired) electrons. The number of amides is 1. The first kappa shape index (κ1) is 16.6. The fraction of sp³-hybridized carbons (Fsp3) is 0.0455. The Hall–Kier alpha value is -3.91. The van der Waals surface area contributed by atoms with E-state index in [1.165, 1.54) is 0 Å². The predicted molar refractivity (Wildman–Crippen MR) is 105 cm³/mol. The number of nitrogens with zero attached hydrogens (tertiary/aromatic N) is 3. The number of carbonyl (C=O) groups excluding carboxylic acids is 1. The van der Waals surface area contributed by atoms with Crippen LogP contribution < -0.4 is 5.32 Å². The Balaban J connectivity index is 1.55. The van der Waals surface area contributed by atoms with Crippen molar-refractivity contribution in [1.29, 1.82) is 5.26 Å². The fourth-order valence-corrected chi connectivity index (χ4v) is 3.01. The van der Waals surface area contributed by atoms with Crippen LogP contribution in [0, 0.1) is 11.3 Å². The number of nitrogens with one attached hydrogen (secondary N) is 1. The quantitative estimate of drug-likeness (QED) is 0.595. The lowest BCUT2D eigenvalue weighted by Gasteiger charge is -2.07. The molecule has 1 aromatic heterocycles. The Kier molecular flexibility index (Phi) is 4.15. The first-order chi connectivity index (χ1) is 13.2. The largest absolute Gasteiger partial charge is 0.327 e.